The molecular weight excluding hydrogens is 583 g/mol. The van der Waals surface area contributed by atoms with Crippen molar-refractivity contribution in [3.63, 3.8) is 0 Å². The van der Waals surface area contributed by atoms with Crippen LogP contribution in [-0.4, -0.2) is 0 Å². The van der Waals surface area contributed by atoms with Crippen LogP contribution in [0.2, 0.25) is 0 Å². The molecule has 0 saturated carbocycles. The van der Waals surface area contributed by atoms with Gasteiger partial charge < -0.3 is 9.32 Å². The quantitative estimate of drug-likeness (QED) is 0.196. The van der Waals surface area contributed by atoms with E-state index in [1.54, 1.807) is 0 Å². The van der Waals surface area contributed by atoms with Crippen LogP contribution < -0.4 is 4.90 Å². The van der Waals surface area contributed by atoms with Gasteiger partial charge in [-0.15, -0.1) is 0 Å². The first-order chi connectivity index (χ1) is 23.3. The second-order valence-electron chi connectivity index (χ2n) is 14.6. The summed E-state index contributed by atoms with van der Waals surface area (Å²) in [6.07, 6.45) is 0. The highest BCUT2D eigenvalue weighted by atomic mass is 16.3. The summed E-state index contributed by atoms with van der Waals surface area (Å²) < 4.78 is 6.60. The van der Waals surface area contributed by atoms with Gasteiger partial charge in [-0.05, 0) is 104 Å². The van der Waals surface area contributed by atoms with E-state index in [4.69, 9.17) is 4.42 Å². The summed E-state index contributed by atoms with van der Waals surface area (Å²) in [6.45, 7) is 9.41. The minimum atomic E-state index is -0.0973. The van der Waals surface area contributed by atoms with Gasteiger partial charge in [0.1, 0.15) is 11.2 Å². The monoisotopic (exact) mass is 617 g/mol. The van der Waals surface area contributed by atoms with Gasteiger partial charge in [-0.2, -0.15) is 0 Å². The number of hydrogen-bond donors (Lipinski definition) is 0. The molecule has 0 amide bonds. The normalized spacial score (nSPS) is 15.0. The zero-order valence-corrected chi connectivity index (χ0v) is 27.6. The fraction of sp³-hybridized carbons (Fsp3) is 0.130. The molecule has 0 fully saturated rings. The molecule has 0 saturated heterocycles. The highest BCUT2D eigenvalue weighted by Gasteiger charge is 2.37. The Morgan fingerprint density at radius 2 is 0.854 bits per heavy atom. The third-order valence-electron chi connectivity index (χ3n) is 11.2. The van der Waals surface area contributed by atoms with E-state index in [-0.39, 0.29) is 10.8 Å². The molecule has 230 valence electrons. The van der Waals surface area contributed by atoms with Gasteiger partial charge in [0.2, 0.25) is 0 Å². The number of fused-ring (bicyclic) bond motifs is 10. The molecule has 2 nitrogen and oxygen atoms in total. The van der Waals surface area contributed by atoms with E-state index in [2.05, 4.69) is 172 Å². The lowest BCUT2D eigenvalue weighted by atomic mass is 9.82. The van der Waals surface area contributed by atoms with Crippen LogP contribution in [0.1, 0.15) is 49.9 Å². The van der Waals surface area contributed by atoms with Crippen LogP contribution in [0.15, 0.2) is 144 Å². The summed E-state index contributed by atoms with van der Waals surface area (Å²) in [4.78, 5) is 2.42. The first-order valence-corrected chi connectivity index (χ1v) is 16.9. The molecule has 2 heteroatoms. The molecule has 2 aliphatic rings. The van der Waals surface area contributed by atoms with Gasteiger partial charge >= 0.3 is 0 Å². The van der Waals surface area contributed by atoms with Crippen molar-refractivity contribution >= 4 is 49.8 Å². The lowest BCUT2D eigenvalue weighted by Crippen LogP contribution is -2.18. The van der Waals surface area contributed by atoms with Gasteiger partial charge in [0.05, 0.1) is 0 Å². The Kier molecular flexibility index (Phi) is 5.44. The molecule has 0 bridgehead atoms. The van der Waals surface area contributed by atoms with Crippen molar-refractivity contribution in [2.24, 2.45) is 0 Å². The molecule has 48 heavy (non-hydrogen) atoms. The van der Waals surface area contributed by atoms with E-state index in [0.717, 1.165) is 39.0 Å². The maximum atomic E-state index is 6.60. The smallest absolute Gasteiger partial charge is 0.137 e. The minimum Gasteiger partial charge on any atom is -0.456 e. The lowest BCUT2D eigenvalue weighted by molar-refractivity contribution is 0.660. The third kappa shape index (κ3) is 3.69. The van der Waals surface area contributed by atoms with Gasteiger partial charge in [0.15, 0.2) is 0 Å². The van der Waals surface area contributed by atoms with Crippen molar-refractivity contribution in [1.82, 2.24) is 0 Å². The Morgan fingerprint density at radius 1 is 0.396 bits per heavy atom. The average molecular weight is 618 g/mol. The standard InChI is InChI=1S/C46H35NO/c1-45(2)39-15-9-7-13-33(39)35-20-17-30(25-41(35)45)47(31-18-21-36-34-14-8-10-16-40(34)46(3,4)42(36)26-31)32-19-22-37-38-23-28-11-5-6-12-29(28)24-43(38)48-44(37)27-32/h5-27H,1-4H3. The number of nitrogens with zero attached hydrogens (tertiary/aromatic N) is 1. The van der Waals surface area contributed by atoms with Crippen LogP contribution in [0.3, 0.4) is 0 Å². The molecular formula is C46H35NO. The molecule has 0 aliphatic heterocycles. The third-order valence-corrected chi connectivity index (χ3v) is 11.2. The van der Waals surface area contributed by atoms with Crippen LogP contribution in [0, 0.1) is 0 Å². The Labute approximate surface area is 280 Å². The summed E-state index contributed by atoms with van der Waals surface area (Å²) >= 11 is 0. The van der Waals surface area contributed by atoms with E-state index in [1.807, 2.05) is 0 Å². The van der Waals surface area contributed by atoms with Crippen molar-refractivity contribution < 1.29 is 4.42 Å². The molecule has 1 heterocycles. The zero-order valence-electron chi connectivity index (χ0n) is 27.6. The summed E-state index contributed by atoms with van der Waals surface area (Å²) in [6, 6.07) is 51.4. The first kappa shape index (κ1) is 27.5. The van der Waals surface area contributed by atoms with Crippen molar-refractivity contribution in [2.75, 3.05) is 4.90 Å². The van der Waals surface area contributed by atoms with Crippen LogP contribution in [0.4, 0.5) is 17.1 Å². The van der Waals surface area contributed by atoms with E-state index >= 15 is 0 Å². The summed E-state index contributed by atoms with van der Waals surface area (Å²) in [5, 5.41) is 4.70. The van der Waals surface area contributed by atoms with E-state index in [1.165, 1.54) is 55.3 Å². The van der Waals surface area contributed by atoms with E-state index < -0.39 is 0 Å². The van der Waals surface area contributed by atoms with Crippen molar-refractivity contribution in [2.45, 2.75) is 38.5 Å². The predicted octanol–water partition coefficient (Wildman–Crippen LogP) is 12.8. The molecule has 0 radical (unpaired) electrons. The van der Waals surface area contributed by atoms with E-state index in [9.17, 15) is 0 Å². The second-order valence-corrected chi connectivity index (χ2v) is 14.6. The summed E-state index contributed by atoms with van der Waals surface area (Å²) in [5.41, 5.74) is 15.8. The van der Waals surface area contributed by atoms with Crippen molar-refractivity contribution in [3.8, 4) is 22.3 Å². The number of benzene rings is 7. The van der Waals surface area contributed by atoms with Crippen LogP contribution in [0.5, 0.6) is 0 Å². The van der Waals surface area contributed by atoms with Crippen LogP contribution in [0.25, 0.3) is 55.0 Å². The zero-order chi connectivity index (χ0) is 32.4. The SMILES string of the molecule is CC1(C)c2ccccc2-c2ccc(N(c3ccc4c(c3)C(C)(C)c3ccccc3-4)c3ccc4c(c3)oc3cc5ccccc5cc34)cc21. The predicted molar refractivity (Wildman–Crippen MR) is 201 cm³/mol. The van der Waals surface area contributed by atoms with Gasteiger partial charge in [0.25, 0.3) is 0 Å². The van der Waals surface area contributed by atoms with E-state index in [0.29, 0.717) is 0 Å². The van der Waals surface area contributed by atoms with Crippen molar-refractivity contribution in [3.05, 3.63) is 162 Å². The number of rotatable bonds is 3. The Bertz CT molecular complexity index is 2530. The van der Waals surface area contributed by atoms with Crippen LogP contribution in [-0.2, 0) is 10.8 Å². The first-order valence-electron chi connectivity index (χ1n) is 16.9. The largest absolute Gasteiger partial charge is 0.456 e. The van der Waals surface area contributed by atoms with Crippen molar-refractivity contribution in [1.29, 1.82) is 0 Å². The van der Waals surface area contributed by atoms with Gasteiger partial charge in [-0.3, -0.25) is 0 Å². The number of anilines is 3. The highest BCUT2D eigenvalue weighted by molar-refractivity contribution is 6.11. The molecule has 1 aromatic heterocycles. The van der Waals surface area contributed by atoms with Crippen LogP contribution >= 0.6 is 0 Å². The Hall–Kier alpha value is -5.60. The number of furan rings is 1. The molecule has 8 aromatic rings. The van der Waals surface area contributed by atoms with Gasteiger partial charge in [-0.1, -0.05) is 113 Å². The topological polar surface area (TPSA) is 16.4 Å². The maximum Gasteiger partial charge on any atom is 0.137 e. The summed E-state index contributed by atoms with van der Waals surface area (Å²) in [7, 11) is 0. The summed E-state index contributed by atoms with van der Waals surface area (Å²) in [5.74, 6) is 0. The molecule has 0 atom stereocenters. The molecule has 0 spiro atoms. The molecule has 2 aliphatic carbocycles. The molecule has 10 rings (SSSR count). The molecule has 7 aromatic carbocycles. The highest BCUT2D eigenvalue weighted by Crippen LogP contribution is 2.53. The Balaban J connectivity index is 1.19. The minimum absolute atomic E-state index is 0.0973. The molecule has 0 N–H and O–H groups in total. The fourth-order valence-electron chi connectivity index (χ4n) is 8.70. The average Bonchev–Trinajstić information content (AvgIpc) is 3.66. The molecule has 0 unspecified atom stereocenters. The Morgan fingerprint density at radius 3 is 1.46 bits per heavy atom. The second kappa shape index (κ2) is 9.49. The number of hydrogen-bond acceptors (Lipinski definition) is 2. The van der Waals surface area contributed by atoms with Gasteiger partial charge in [-0.25, -0.2) is 0 Å². The maximum absolute atomic E-state index is 6.60. The van der Waals surface area contributed by atoms with Gasteiger partial charge in [0, 0.05) is 44.7 Å². The fourth-order valence-corrected chi connectivity index (χ4v) is 8.70. The lowest BCUT2D eigenvalue weighted by Gasteiger charge is -2.29.